The fourth-order valence-electron chi connectivity index (χ4n) is 0.916. The van der Waals surface area contributed by atoms with Crippen LogP contribution in [-0.4, -0.2) is 15.2 Å². The molecule has 0 unspecified atom stereocenters. The molecule has 0 aliphatic carbocycles. The third-order valence-corrected chi connectivity index (χ3v) is 2.50. The SMILES string of the molecule is CC(C)c1csc(-c2nnco2)n1. The van der Waals surface area contributed by atoms with Gasteiger partial charge < -0.3 is 4.42 Å². The summed E-state index contributed by atoms with van der Waals surface area (Å²) in [6, 6.07) is 0. The maximum atomic E-state index is 5.04. The summed E-state index contributed by atoms with van der Waals surface area (Å²) in [6.45, 7) is 4.21. The molecule has 0 amide bonds. The van der Waals surface area contributed by atoms with Crippen molar-refractivity contribution < 1.29 is 4.42 Å². The van der Waals surface area contributed by atoms with E-state index < -0.39 is 0 Å². The molecular weight excluding hydrogens is 186 g/mol. The number of hydrogen-bond donors (Lipinski definition) is 0. The Labute approximate surface area is 79.6 Å². The van der Waals surface area contributed by atoms with Crippen LogP contribution in [0.1, 0.15) is 25.5 Å². The van der Waals surface area contributed by atoms with Gasteiger partial charge in [0, 0.05) is 5.38 Å². The van der Waals surface area contributed by atoms with Gasteiger partial charge in [-0.15, -0.1) is 21.5 Å². The van der Waals surface area contributed by atoms with Crippen LogP contribution in [-0.2, 0) is 0 Å². The van der Waals surface area contributed by atoms with Crippen LogP contribution in [0.25, 0.3) is 10.9 Å². The van der Waals surface area contributed by atoms with Crippen molar-refractivity contribution in [1.29, 1.82) is 0 Å². The fraction of sp³-hybridized carbons (Fsp3) is 0.375. The van der Waals surface area contributed by atoms with Crippen LogP contribution in [0.2, 0.25) is 0 Å². The maximum Gasteiger partial charge on any atom is 0.276 e. The summed E-state index contributed by atoms with van der Waals surface area (Å²) in [4.78, 5) is 4.37. The highest BCUT2D eigenvalue weighted by Crippen LogP contribution is 2.24. The van der Waals surface area contributed by atoms with Crippen molar-refractivity contribution in [1.82, 2.24) is 15.2 Å². The second kappa shape index (κ2) is 3.26. The molecule has 0 bridgehead atoms. The van der Waals surface area contributed by atoms with Gasteiger partial charge in [-0.05, 0) is 5.92 Å². The molecule has 2 heterocycles. The van der Waals surface area contributed by atoms with Gasteiger partial charge in [-0.2, -0.15) is 0 Å². The second-order valence-electron chi connectivity index (χ2n) is 2.98. The minimum Gasteiger partial charge on any atom is -0.422 e. The molecular formula is C8H9N3OS. The minimum absolute atomic E-state index is 0.438. The van der Waals surface area contributed by atoms with E-state index in [-0.39, 0.29) is 0 Å². The Kier molecular flexibility index (Phi) is 2.10. The third kappa shape index (κ3) is 1.60. The highest BCUT2D eigenvalue weighted by atomic mass is 32.1. The van der Waals surface area contributed by atoms with Gasteiger partial charge in [0.25, 0.3) is 5.89 Å². The van der Waals surface area contributed by atoms with Crippen LogP contribution in [0, 0.1) is 0 Å². The molecule has 0 spiro atoms. The lowest BCUT2D eigenvalue weighted by molar-refractivity contribution is 0.568. The Morgan fingerprint density at radius 3 is 2.85 bits per heavy atom. The molecule has 2 aromatic rings. The standard InChI is InChI=1S/C8H9N3OS/c1-5(2)6-3-13-8(10-6)7-11-9-4-12-7/h3-5H,1-2H3. The zero-order valence-electron chi connectivity index (χ0n) is 7.39. The molecule has 0 aromatic carbocycles. The van der Waals surface area contributed by atoms with E-state index in [0.29, 0.717) is 11.8 Å². The number of thiazole rings is 1. The van der Waals surface area contributed by atoms with Crippen LogP contribution >= 0.6 is 11.3 Å². The Morgan fingerprint density at radius 2 is 2.31 bits per heavy atom. The Hall–Kier alpha value is -1.23. The highest BCUT2D eigenvalue weighted by Gasteiger charge is 2.10. The molecule has 2 aromatic heterocycles. The van der Waals surface area contributed by atoms with Crippen molar-refractivity contribution in [2.75, 3.05) is 0 Å². The number of rotatable bonds is 2. The number of aromatic nitrogens is 3. The molecule has 5 heteroatoms. The molecule has 68 valence electrons. The van der Waals surface area contributed by atoms with Crippen molar-refractivity contribution in [2.45, 2.75) is 19.8 Å². The van der Waals surface area contributed by atoms with Gasteiger partial charge in [-0.3, -0.25) is 0 Å². The minimum atomic E-state index is 0.438. The van der Waals surface area contributed by atoms with Crippen molar-refractivity contribution in [3.8, 4) is 10.9 Å². The summed E-state index contributed by atoms with van der Waals surface area (Å²) in [7, 11) is 0. The van der Waals surface area contributed by atoms with E-state index in [2.05, 4.69) is 29.0 Å². The highest BCUT2D eigenvalue weighted by molar-refractivity contribution is 7.13. The molecule has 0 saturated heterocycles. The summed E-state index contributed by atoms with van der Waals surface area (Å²) >= 11 is 1.53. The molecule has 2 rings (SSSR count). The topological polar surface area (TPSA) is 51.8 Å². The average molecular weight is 195 g/mol. The van der Waals surface area contributed by atoms with E-state index in [1.807, 2.05) is 5.38 Å². The van der Waals surface area contributed by atoms with Gasteiger partial charge in [-0.1, -0.05) is 13.8 Å². The fourth-order valence-corrected chi connectivity index (χ4v) is 1.82. The summed E-state index contributed by atoms with van der Waals surface area (Å²) in [5, 5.41) is 10.2. The van der Waals surface area contributed by atoms with Crippen LogP contribution in [0.15, 0.2) is 16.2 Å². The average Bonchev–Trinajstić information content (AvgIpc) is 2.75. The quantitative estimate of drug-likeness (QED) is 0.737. The van der Waals surface area contributed by atoms with Gasteiger partial charge >= 0.3 is 0 Å². The smallest absolute Gasteiger partial charge is 0.276 e. The second-order valence-corrected chi connectivity index (χ2v) is 3.83. The number of hydrogen-bond acceptors (Lipinski definition) is 5. The normalized spacial score (nSPS) is 11.0. The third-order valence-electron chi connectivity index (χ3n) is 1.66. The van der Waals surface area contributed by atoms with Gasteiger partial charge in [0.15, 0.2) is 5.01 Å². The molecule has 4 nitrogen and oxygen atoms in total. The van der Waals surface area contributed by atoms with Gasteiger partial charge in [0.05, 0.1) is 5.69 Å². The van der Waals surface area contributed by atoms with E-state index >= 15 is 0 Å². The van der Waals surface area contributed by atoms with Crippen LogP contribution in [0.3, 0.4) is 0 Å². The number of nitrogens with zero attached hydrogens (tertiary/aromatic N) is 3. The van der Waals surface area contributed by atoms with Crippen LogP contribution < -0.4 is 0 Å². The van der Waals surface area contributed by atoms with Gasteiger partial charge in [0.2, 0.25) is 6.39 Å². The molecule has 0 aliphatic rings. The summed E-state index contributed by atoms with van der Waals surface area (Å²) < 4.78 is 5.04. The zero-order valence-corrected chi connectivity index (χ0v) is 8.21. The van der Waals surface area contributed by atoms with E-state index in [1.165, 1.54) is 17.7 Å². The largest absolute Gasteiger partial charge is 0.422 e. The van der Waals surface area contributed by atoms with Crippen LogP contribution in [0.5, 0.6) is 0 Å². The summed E-state index contributed by atoms with van der Waals surface area (Å²) in [6.07, 6.45) is 1.31. The van der Waals surface area contributed by atoms with Gasteiger partial charge in [-0.25, -0.2) is 4.98 Å². The van der Waals surface area contributed by atoms with Crippen molar-refractivity contribution >= 4 is 11.3 Å². The first kappa shape index (κ1) is 8.37. The molecule has 13 heavy (non-hydrogen) atoms. The molecule has 0 atom stereocenters. The monoisotopic (exact) mass is 195 g/mol. The molecule has 0 fully saturated rings. The first-order valence-electron chi connectivity index (χ1n) is 3.99. The Bertz CT molecular complexity index is 380. The van der Waals surface area contributed by atoms with Crippen molar-refractivity contribution in [2.24, 2.45) is 0 Å². The van der Waals surface area contributed by atoms with E-state index in [0.717, 1.165) is 10.7 Å². The molecule has 0 N–H and O–H groups in total. The lowest BCUT2D eigenvalue weighted by atomic mass is 10.2. The van der Waals surface area contributed by atoms with Crippen molar-refractivity contribution in [3.63, 3.8) is 0 Å². The Morgan fingerprint density at radius 1 is 1.46 bits per heavy atom. The van der Waals surface area contributed by atoms with E-state index in [9.17, 15) is 0 Å². The summed E-state index contributed by atoms with van der Waals surface area (Å²) in [5.41, 5.74) is 1.07. The lowest BCUT2D eigenvalue weighted by Gasteiger charge is -1.95. The Balaban J connectivity index is 2.33. The molecule has 0 radical (unpaired) electrons. The van der Waals surface area contributed by atoms with Crippen molar-refractivity contribution in [3.05, 3.63) is 17.5 Å². The predicted octanol–water partition coefficient (Wildman–Crippen LogP) is 2.32. The molecule has 0 aliphatic heterocycles. The first-order chi connectivity index (χ1) is 6.27. The van der Waals surface area contributed by atoms with E-state index in [4.69, 9.17) is 4.42 Å². The predicted molar refractivity (Wildman–Crippen MR) is 49.5 cm³/mol. The van der Waals surface area contributed by atoms with Gasteiger partial charge in [0.1, 0.15) is 0 Å². The zero-order chi connectivity index (χ0) is 9.26. The lowest BCUT2D eigenvalue weighted by Crippen LogP contribution is -1.86. The maximum absolute atomic E-state index is 5.04. The van der Waals surface area contributed by atoms with E-state index in [1.54, 1.807) is 0 Å². The first-order valence-corrected chi connectivity index (χ1v) is 4.87. The summed E-state index contributed by atoms with van der Waals surface area (Å²) in [5.74, 6) is 0.935. The molecule has 0 saturated carbocycles. The van der Waals surface area contributed by atoms with Crippen LogP contribution in [0.4, 0.5) is 0 Å².